The van der Waals surface area contributed by atoms with Crippen molar-refractivity contribution in [3.63, 3.8) is 0 Å². The van der Waals surface area contributed by atoms with Gasteiger partial charge in [-0.15, -0.1) is 0 Å². The van der Waals surface area contributed by atoms with Crippen LogP contribution in [0.4, 0.5) is 5.69 Å². The maximum absolute atomic E-state index is 12.2. The highest BCUT2D eigenvalue weighted by molar-refractivity contribution is 7.92. The van der Waals surface area contributed by atoms with Crippen LogP contribution in [0.25, 0.3) is 0 Å². The lowest BCUT2D eigenvalue weighted by atomic mass is 10.2. The fourth-order valence-corrected chi connectivity index (χ4v) is 4.70. The smallest absolute Gasteiger partial charge is 0.237 e. The first-order valence-corrected chi connectivity index (χ1v) is 9.96. The quantitative estimate of drug-likeness (QED) is 0.808. The van der Waals surface area contributed by atoms with Gasteiger partial charge in [0, 0.05) is 26.2 Å². The second-order valence-corrected chi connectivity index (χ2v) is 8.78. The molecule has 0 spiro atoms. The monoisotopic (exact) mass is 358 g/mol. The molecule has 1 aromatic carbocycles. The van der Waals surface area contributed by atoms with Crippen molar-refractivity contribution in [1.29, 1.82) is 0 Å². The number of nitrogens with zero attached hydrogens (tertiary/aromatic N) is 2. The highest BCUT2D eigenvalue weighted by Gasteiger charge is 2.26. The maximum Gasteiger partial charge on any atom is 0.237 e. The van der Waals surface area contributed by atoms with Gasteiger partial charge in [-0.1, -0.05) is 37.6 Å². The summed E-state index contributed by atoms with van der Waals surface area (Å²) in [5.74, 6) is -0.607. The molecule has 0 saturated carbocycles. The normalized spacial score (nSPS) is 16.0. The minimum atomic E-state index is -3.33. The molecule has 23 heavy (non-hydrogen) atoms. The van der Waals surface area contributed by atoms with E-state index in [0.29, 0.717) is 31.2 Å². The van der Waals surface area contributed by atoms with Crippen LogP contribution in [0.1, 0.15) is 13.8 Å². The number of halogens is 1. The molecule has 1 heterocycles. The van der Waals surface area contributed by atoms with Gasteiger partial charge in [0.25, 0.3) is 0 Å². The van der Waals surface area contributed by atoms with Crippen LogP contribution >= 0.6 is 11.6 Å². The molecule has 7 heteroatoms. The molecule has 0 radical (unpaired) electrons. The van der Waals surface area contributed by atoms with Gasteiger partial charge in [-0.2, -0.15) is 0 Å². The van der Waals surface area contributed by atoms with Gasteiger partial charge in [0.1, 0.15) is 5.75 Å². The van der Waals surface area contributed by atoms with E-state index in [1.807, 2.05) is 38.1 Å². The highest BCUT2D eigenvalue weighted by Crippen LogP contribution is 2.26. The van der Waals surface area contributed by atoms with Crippen LogP contribution in [0.3, 0.4) is 0 Å². The number of carbonyl (C=O) groups excluding carboxylic acids is 1. The number of piperazine rings is 1. The van der Waals surface area contributed by atoms with E-state index in [4.69, 9.17) is 11.6 Å². The summed E-state index contributed by atoms with van der Waals surface area (Å²) >= 11 is 6.19. The minimum absolute atomic E-state index is 0.0323. The minimum Gasteiger partial charge on any atom is -0.367 e. The molecule has 1 saturated heterocycles. The van der Waals surface area contributed by atoms with Crippen molar-refractivity contribution >= 4 is 33.0 Å². The summed E-state index contributed by atoms with van der Waals surface area (Å²) < 4.78 is 23.9. The topological polar surface area (TPSA) is 57.7 Å². The van der Waals surface area contributed by atoms with Crippen molar-refractivity contribution in [2.24, 2.45) is 5.92 Å². The lowest BCUT2D eigenvalue weighted by Crippen LogP contribution is -2.50. The van der Waals surface area contributed by atoms with Crippen LogP contribution in [0.2, 0.25) is 5.02 Å². The van der Waals surface area contributed by atoms with Crippen molar-refractivity contribution in [3.05, 3.63) is 29.3 Å². The van der Waals surface area contributed by atoms with Gasteiger partial charge in [-0.3, -0.25) is 4.79 Å². The summed E-state index contributed by atoms with van der Waals surface area (Å²) in [6, 6.07) is 7.60. The molecule has 0 N–H and O–H groups in total. The third-order valence-corrected chi connectivity index (χ3v) is 5.94. The number of rotatable bonds is 5. The third-order valence-electron chi connectivity index (χ3n) is 3.76. The Balaban J connectivity index is 1.92. The Labute approximate surface area is 143 Å². The van der Waals surface area contributed by atoms with Gasteiger partial charge >= 0.3 is 0 Å². The second kappa shape index (κ2) is 7.53. The van der Waals surface area contributed by atoms with Crippen molar-refractivity contribution in [1.82, 2.24) is 4.90 Å². The van der Waals surface area contributed by atoms with Gasteiger partial charge in [0.2, 0.25) is 5.91 Å². The first kappa shape index (κ1) is 18.1. The van der Waals surface area contributed by atoms with E-state index in [1.54, 1.807) is 4.90 Å². The zero-order chi connectivity index (χ0) is 17.0. The molecule has 0 unspecified atom stereocenters. The van der Waals surface area contributed by atoms with E-state index >= 15 is 0 Å². The molecule has 128 valence electrons. The van der Waals surface area contributed by atoms with Crippen LogP contribution in [-0.4, -0.2) is 56.9 Å². The Morgan fingerprint density at radius 2 is 1.78 bits per heavy atom. The Kier molecular flexibility index (Phi) is 5.92. The van der Waals surface area contributed by atoms with E-state index < -0.39 is 15.6 Å². The summed E-state index contributed by atoms with van der Waals surface area (Å²) in [7, 11) is -3.33. The average molecular weight is 359 g/mol. The van der Waals surface area contributed by atoms with Crippen molar-refractivity contribution in [2.45, 2.75) is 13.8 Å². The van der Waals surface area contributed by atoms with E-state index in [2.05, 4.69) is 4.90 Å². The Hall–Kier alpha value is -1.27. The summed E-state index contributed by atoms with van der Waals surface area (Å²) in [6.07, 6.45) is 0. The number of benzene rings is 1. The molecule has 0 aromatic heterocycles. The fraction of sp³-hybridized carbons (Fsp3) is 0.562. The van der Waals surface area contributed by atoms with Crippen molar-refractivity contribution in [3.8, 4) is 0 Å². The molecule has 2 rings (SSSR count). The lowest BCUT2D eigenvalue weighted by molar-refractivity contribution is -0.128. The molecule has 1 aromatic rings. The molecule has 5 nitrogen and oxygen atoms in total. The average Bonchev–Trinajstić information content (AvgIpc) is 2.46. The fourth-order valence-electron chi connectivity index (χ4n) is 2.75. The number of anilines is 1. The number of hydrogen-bond acceptors (Lipinski definition) is 4. The van der Waals surface area contributed by atoms with Crippen molar-refractivity contribution in [2.75, 3.05) is 42.6 Å². The Morgan fingerprint density at radius 1 is 1.17 bits per heavy atom. The highest BCUT2D eigenvalue weighted by atomic mass is 35.5. The summed E-state index contributed by atoms with van der Waals surface area (Å²) in [5.41, 5.74) is 0.952. The number of amides is 1. The number of para-hydroxylation sites is 1. The SMILES string of the molecule is CC(C)CS(=O)(=O)CC(=O)N1CCN(c2ccccc2Cl)CC1. The molecule has 1 amide bonds. The van der Waals surface area contributed by atoms with E-state index in [-0.39, 0.29) is 17.6 Å². The van der Waals surface area contributed by atoms with E-state index in [1.165, 1.54) is 0 Å². The van der Waals surface area contributed by atoms with E-state index in [0.717, 1.165) is 5.69 Å². The van der Waals surface area contributed by atoms with Gasteiger partial charge in [0.05, 0.1) is 16.5 Å². The predicted molar refractivity (Wildman–Crippen MR) is 93.7 cm³/mol. The van der Waals surface area contributed by atoms with Gasteiger partial charge < -0.3 is 9.80 Å². The van der Waals surface area contributed by atoms with Gasteiger partial charge in [-0.05, 0) is 18.1 Å². The molecule has 1 aliphatic rings. The number of carbonyl (C=O) groups is 1. The summed E-state index contributed by atoms with van der Waals surface area (Å²) in [6.45, 7) is 6.01. The zero-order valence-electron chi connectivity index (χ0n) is 13.5. The van der Waals surface area contributed by atoms with Crippen LogP contribution < -0.4 is 4.90 Å². The molecule has 1 fully saturated rings. The first-order chi connectivity index (χ1) is 10.8. The van der Waals surface area contributed by atoms with Crippen LogP contribution in [0.5, 0.6) is 0 Å². The van der Waals surface area contributed by atoms with Crippen LogP contribution in [0, 0.1) is 5.92 Å². The molecule has 0 aliphatic carbocycles. The molecule has 1 aliphatic heterocycles. The van der Waals surface area contributed by atoms with Crippen LogP contribution in [0.15, 0.2) is 24.3 Å². The Morgan fingerprint density at radius 3 is 2.35 bits per heavy atom. The molecule has 0 atom stereocenters. The summed E-state index contributed by atoms with van der Waals surface area (Å²) in [4.78, 5) is 16.0. The third kappa shape index (κ3) is 5.11. The standard InChI is InChI=1S/C16H23ClN2O3S/c1-13(2)11-23(21,22)12-16(20)19-9-7-18(8-10-19)15-6-4-3-5-14(15)17/h3-6,13H,7-12H2,1-2H3. The van der Waals surface area contributed by atoms with E-state index in [9.17, 15) is 13.2 Å². The molecule has 0 bridgehead atoms. The van der Waals surface area contributed by atoms with Gasteiger partial charge in [0.15, 0.2) is 9.84 Å². The largest absolute Gasteiger partial charge is 0.367 e. The maximum atomic E-state index is 12.2. The van der Waals surface area contributed by atoms with Crippen molar-refractivity contribution < 1.29 is 13.2 Å². The Bertz CT molecular complexity index is 653. The number of hydrogen-bond donors (Lipinski definition) is 0. The molecular formula is C16H23ClN2O3S. The number of sulfone groups is 1. The summed E-state index contributed by atoms with van der Waals surface area (Å²) in [5, 5.41) is 0.687. The van der Waals surface area contributed by atoms with Gasteiger partial charge in [-0.25, -0.2) is 8.42 Å². The second-order valence-electron chi connectivity index (χ2n) is 6.27. The predicted octanol–water partition coefficient (Wildman–Crippen LogP) is 2.06. The first-order valence-electron chi connectivity index (χ1n) is 7.76. The zero-order valence-corrected chi connectivity index (χ0v) is 15.1. The molecular weight excluding hydrogens is 336 g/mol. The van der Waals surface area contributed by atoms with Crippen LogP contribution in [-0.2, 0) is 14.6 Å². The lowest BCUT2D eigenvalue weighted by Gasteiger charge is -2.36.